The third-order valence-corrected chi connectivity index (χ3v) is 5.56. The number of nitrogens with one attached hydrogen (secondary N) is 1. The smallest absolute Gasteiger partial charge is 0.121 e. The normalized spacial score (nSPS) is 11.1. The third kappa shape index (κ3) is 1.66. The lowest BCUT2D eigenvalue weighted by Crippen LogP contribution is -1.76. The minimum atomic E-state index is 0.637. The van der Waals surface area contributed by atoms with Gasteiger partial charge in [-0.3, -0.25) is 0 Å². The Bertz CT molecular complexity index is 480. The highest BCUT2D eigenvalue weighted by Gasteiger charge is 2.10. The first-order valence-electron chi connectivity index (χ1n) is 3.42. The van der Waals surface area contributed by atoms with E-state index >= 15 is 0 Å². The minimum Gasteiger partial charge on any atom is -0.344 e. The first-order valence-corrected chi connectivity index (χ1v) is 6.46. The predicted octanol–water partition coefficient (Wildman–Crippen LogP) is 4.95. The number of H-pyrrole nitrogens is 1. The number of halogens is 4. The Balaban J connectivity index is 2.94. The zero-order valence-electron chi connectivity index (χ0n) is 6.17. The van der Waals surface area contributed by atoms with Crippen molar-refractivity contribution in [1.29, 1.82) is 0 Å². The fourth-order valence-corrected chi connectivity index (χ4v) is 2.66. The van der Waals surface area contributed by atoms with Gasteiger partial charge in [0, 0.05) is 8.96 Å². The number of rotatable bonds is 0. The molecule has 0 aliphatic rings. The number of aromatic amines is 1. The number of benzene rings is 1. The van der Waals surface area contributed by atoms with Crippen LogP contribution in [0, 0.1) is 3.57 Å². The van der Waals surface area contributed by atoms with E-state index in [-0.39, 0.29) is 0 Å². The van der Waals surface area contributed by atoms with Gasteiger partial charge in [0.25, 0.3) is 0 Å². The van der Waals surface area contributed by atoms with Crippen molar-refractivity contribution in [3.05, 3.63) is 29.8 Å². The standard InChI is InChI=1S/C8H3Br2ClIN/c9-5-3-1-2-4(12)6(10)7(3)13-8(5)11/h1-2,13H. The van der Waals surface area contributed by atoms with Gasteiger partial charge in [0.1, 0.15) is 5.15 Å². The molecule has 0 atom stereocenters. The molecule has 1 nitrogen and oxygen atoms in total. The minimum absolute atomic E-state index is 0.637. The second kappa shape index (κ2) is 3.72. The van der Waals surface area contributed by atoms with Gasteiger partial charge in [0.05, 0.1) is 14.5 Å². The van der Waals surface area contributed by atoms with E-state index in [1.54, 1.807) is 0 Å². The number of fused-ring (bicyclic) bond motifs is 1. The molecule has 1 aromatic carbocycles. The van der Waals surface area contributed by atoms with Crippen molar-refractivity contribution in [2.45, 2.75) is 0 Å². The molecule has 1 N–H and O–H groups in total. The summed E-state index contributed by atoms with van der Waals surface area (Å²) in [6, 6.07) is 4.08. The molecule has 1 heterocycles. The lowest BCUT2D eigenvalue weighted by atomic mass is 10.2. The summed E-state index contributed by atoms with van der Waals surface area (Å²) in [6.07, 6.45) is 0. The molecule has 1 aromatic heterocycles. The maximum Gasteiger partial charge on any atom is 0.121 e. The summed E-state index contributed by atoms with van der Waals surface area (Å²) in [5, 5.41) is 1.73. The van der Waals surface area contributed by atoms with Gasteiger partial charge >= 0.3 is 0 Å². The molecule has 0 bridgehead atoms. The molecular formula is C8H3Br2ClIN. The Labute approximate surface area is 111 Å². The highest BCUT2D eigenvalue weighted by atomic mass is 127. The fraction of sp³-hybridized carbons (Fsp3) is 0. The van der Waals surface area contributed by atoms with Gasteiger partial charge in [0.15, 0.2) is 0 Å². The Hall–Kier alpha value is 0.740. The summed E-state index contributed by atoms with van der Waals surface area (Å²) in [5.74, 6) is 0. The molecule has 0 spiro atoms. The molecule has 0 radical (unpaired) electrons. The summed E-state index contributed by atoms with van der Waals surface area (Å²) in [6.45, 7) is 0. The maximum atomic E-state index is 5.95. The topological polar surface area (TPSA) is 15.8 Å². The fourth-order valence-electron chi connectivity index (χ4n) is 1.14. The Morgan fingerprint density at radius 3 is 2.62 bits per heavy atom. The van der Waals surface area contributed by atoms with Crippen molar-refractivity contribution in [3.63, 3.8) is 0 Å². The largest absolute Gasteiger partial charge is 0.344 e. The molecule has 0 aliphatic heterocycles. The van der Waals surface area contributed by atoms with Crippen LogP contribution in [0.4, 0.5) is 0 Å². The highest BCUT2D eigenvalue weighted by molar-refractivity contribution is 14.1. The van der Waals surface area contributed by atoms with Crippen molar-refractivity contribution in [1.82, 2.24) is 4.98 Å². The summed E-state index contributed by atoms with van der Waals surface area (Å²) in [5.41, 5.74) is 1.03. The molecule has 0 aliphatic carbocycles. The van der Waals surface area contributed by atoms with Gasteiger partial charge in [-0.05, 0) is 60.5 Å². The first kappa shape index (κ1) is 10.3. The highest BCUT2D eigenvalue weighted by Crippen LogP contribution is 2.36. The molecule has 68 valence electrons. The number of hydrogen-bond donors (Lipinski definition) is 1. The first-order chi connectivity index (χ1) is 6.11. The van der Waals surface area contributed by atoms with Gasteiger partial charge in [-0.15, -0.1) is 0 Å². The quantitative estimate of drug-likeness (QED) is 0.564. The average Bonchev–Trinajstić information content (AvgIpc) is 2.38. The van der Waals surface area contributed by atoms with Gasteiger partial charge in [-0.1, -0.05) is 17.7 Å². The summed E-state index contributed by atoms with van der Waals surface area (Å²) in [7, 11) is 0. The van der Waals surface area contributed by atoms with Crippen LogP contribution in [0.3, 0.4) is 0 Å². The molecule has 2 aromatic rings. The van der Waals surface area contributed by atoms with Crippen molar-refractivity contribution in [3.8, 4) is 0 Å². The molecule has 0 saturated heterocycles. The third-order valence-electron chi connectivity index (χ3n) is 1.76. The van der Waals surface area contributed by atoms with E-state index in [0.29, 0.717) is 5.15 Å². The SMILES string of the molecule is Clc1[nH]c2c(Br)c(I)ccc2c1Br. The van der Waals surface area contributed by atoms with E-state index < -0.39 is 0 Å². The van der Waals surface area contributed by atoms with E-state index in [2.05, 4.69) is 59.4 Å². The van der Waals surface area contributed by atoms with E-state index in [9.17, 15) is 0 Å². The maximum absolute atomic E-state index is 5.95. The van der Waals surface area contributed by atoms with Gasteiger partial charge < -0.3 is 4.98 Å². The van der Waals surface area contributed by atoms with Crippen molar-refractivity contribution in [2.24, 2.45) is 0 Å². The molecule has 0 unspecified atom stereocenters. The summed E-state index contributed by atoms with van der Waals surface area (Å²) >= 11 is 15.2. The lowest BCUT2D eigenvalue weighted by Gasteiger charge is -1.96. The Morgan fingerprint density at radius 1 is 1.23 bits per heavy atom. The molecular weight excluding hydrogens is 432 g/mol. The molecule has 0 amide bonds. The number of aromatic nitrogens is 1. The van der Waals surface area contributed by atoms with Crippen LogP contribution in [-0.4, -0.2) is 4.98 Å². The van der Waals surface area contributed by atoms with Gasteiger partial charge in [-0.25, -0.2) is 0 Å². The Morgan fingerprint density at radius 2 is 1.92 bits per heavy atom. The van der Waals surface area contributed by atoms with Crippen molar-refractivity contribution < 1.29 is 0 Å². The Kier molecular flexibility index (Phi) is 2.93. The predicted molar refractivity (Wildman–Crippen MR) is 71.4 cm³/mol. The van der Waals surface area contributed by atoms with Crippen LogP contribution in [0.15, 0.2) is 21.1 Å². The second-order valence-corrected chi connectivity index (χ2v) is 5.66. The summed E-state index contributed by atoms with van der Waals surface area (Å²) < 4.78 is 3.13. The number of hydrogen-bond acceptors (Lipinski definition) is 0. The van der Waals surface area contributed by atoms with Crippen LogP contribution < -0.4 is 0 Å². The van der Waals surface area contributed by atoms with Crippen molar-refractivity contribution >= 4 is 77.0 Å². The lowest BCUT2D eigenvalue weighted by molar-refractivity contribution is 1.45. The van der Waals surface area contributed by atoms with Crippen LogP contribution in [0.5, 0.6) is 0 Å². The summed E-state index contributed by atoms with van der Waals surface area (Å²) in [4.78, 5) is 3.10. The van der Waals surface area contributed by atoms with Crippen LogP contribution in [-0.2, 0) is 0 Å². The molecule has 0 saturated carbocycles. The monoisotopic (exact) mass is 433 g/mol. The van der Waals surface area contributed by atoms with Crippen LogP contribution in [0.2, 0.25) is 5.15 Å². The van der Waals surface area contributed by atoms with E-state index in [0.717, 1.165) is 23.4 Å². The zero-order valence-corrected chi connectivity index (χ0v) is 12.3. The van der Waals surface area contributed by atoms with E-state index in [1.165, 1.54) is 0 Å². The average molecular weight is 435 g/mol. The van der Waals surface area contributed by atoms with E-state index in [1.807, 2.05) is 12.1 Å². The molecule has 0 fully saturated rings. The van der Waals surface area contributed by atoms with E-state index in [4.69, 9.17) is 11.6 Å². The van der Waals surface area contributed by atoms with Crippen LogP contribution >= 0.6 is 66.1 Å². The van der Waals surface area contributed by atoms with Crippen LogP contribution in [0.1, 0.15) is 0 Å². The van der Waals surface area contributed by atoms with Crippen LogP contribution in [0.25, 0.3) is 10.9 Å². The molecule has 13 heavy (non-hydrogen) atoms. The second-order valence-electron chi connectivity index (χ2n) is 2.54. The van der Waals surface area contributed by atoms with Gasteiger partial charge in [-0.2, -0.15) is 0 Å². The molecule has 5 heteroatoms. The van der Waals surface area contributed by atoms with Crippen molar-refractivity contribution in [2.75, 3.05) is 0 Å². The zero-order chi connectivity index (χ0) is 9.59. The molecule has 2 rings (SSSR count). The van der Waals surface area contributed by atoms with Gasteiger partial charge in [0.2, 0.25) is 0 Å².